The number of carbonyl (C=O) groups is 2. The number of nitrogens with zero attached hydrogens (tertiary/aromatic N) is 2. The molecule has 2 heterocycles. The van der Waals surface area contributed by atoms with Gasteiger partial charge in [-0.1, -0.05) is 18.6 Å². The molecule has 2 amide bonds. The molecule has 188 valence electrons. The van der Waals surface area contributed by atoms with Crippen LogP contribution < -0.4 is 15.0 Å². The Bertz CT molecular complexity index is 1200. The van der Waals surface area contributed by atoms with Crippen molar-refractivity contribution < 1.29 is 22.7 Å². The van der Waals surface area contributed by atoms with E-state index >= 15 is 0 Å². The normalized spacial score (nSPS) is 19.4. The van der Waals surface area contributed by atoms with Crippen LogP contribution in [0.4, 0.5) is 5.69 Å². The first-order valence-electron chi connectivity index (χ1n) is 12.2. The molecule has 1 atom stereocenters. The maximum absolute atomic E-state index is 13.4. The van der Waals surface area contributed by atoms with Crippen LogP contribution in [-0.2, 0) is 21.4 Å². The average Bonchev–Trinajstić information content (AvgIpc) is 2.87. The van der Waals surface area contributed by atoms with Crippen molar-refractivity contribution in [2.24, 2.45) is 0 Å². The van der Waals surface area contributed by atoms with Crippen molar-refractivity contribution in [1.29, 1.82) is 0 Å². The predicted molar refractivity (Wildman–Crippen MR) is 134 cm³/mol. The Labute approximate surface area is 207 Å². The first-order chi connectivity index (χ1) is 16.8. The summed E-state index contributed by atoms with van der Waals surface area (Å²) in [5.41, 5.74) is 1.93. The minimum Gasteiger partial charge on any atom is -0.495 e. The van der Waals surface area contributed by atoms with Crippen LogP contribution in [-0.4, -0.2) is 50.8 Å². The molecule has 4 rings (SSSR count). The number of rotatable bonds is 7. The van der Waals surface area contributed by atoms with Crippen molar-refractivity contribution in [2.45, 2.75) is 62.9 Å². The van der Waals surface area contributed by atoms with Crippen LogP contribution in [0.25, 0.3) is 0 Å². The maximum atomic E-state index is 13.4. The van der Waals surface area contributed by atoms with Crippen LogP contribution in [0, 0.1) is 0 Å². The third-order valence-corrected chi connectivity index (χ3v) is 8.79. The Morgan fingerprint density at radius 1 is 1.09 bits per heavy atom. The molecule has 0 aliphatic carbocycles. The number of carbonyl (C=O) groups excluding carboxylic acids is 2. The second-order valence-electron chi connectivity index (χ2n) is 9.18. The lowest BCUT2D eigenvalue weighted by Crippen LogP contribution is -2.42. The summed E-state index contributed by atoms with van der Waals surface area (Å²) in [6.45, 7) is 3.32. The summed E-state index contributed by atoms with van der Waals surface area (Å²) in [6, 6.07) is 12.0. The van der Waals surface area contributed by atoms with Crippen molar-refractivity contribution in [2.75, 3.05) is 25.1 Å². The largest absolute Gasteiger partial charge is 0.495 e. The lowest BCUT2D eigenvalue weighted by atomic mass is 10.1. The fourth-order valence-electron chi connectivity index (χ4n) is 4.77. The average molecular weight is 500 g/mol. The van der Waals surface area contributed by atoms with E-state index in [1.54, 1.807) is 11.0 Å². The van der Waals surface area contributed by atoms with E-state index in [1.165, 1.54) is 23.5 Å². The van der Waals surface area contributed by atoms with E-state index in [0.29, 0.717) is 19.5 Å². The molecule has 9 heteroatoms. The van der Waals surface area contributed by atoms with Crippen molar-refractivity contribution >= 4 is 27.5 Å². The summed E-state index contributed by atoms with van der Waals surface area (Å²) in [7, 11) is -2.39. The van der Waals surface area contributed by atoms with Crippen molar-refractivity contribution in [3.05, 3.63) is 53.6 Å². The van der Waals surface area contributed by atoms with Gasteiger partial charge >= 0.3 is 0 Å². The summed E-state index contributed by atoms with van der Waals surface area (Å²) in [5, 5.41) is 2.87. The molecule has 8 nitrogen and oxygen atoms in total. The van der Waals surface area contributed by atoms with Crippen LogP contribution >= 0.6 is 0 Å². The SMILES string of the molecule is COc1ccc(C(=O)NCc2cccc(N3CCCCC3=O)c2)cc1S(=O)(=O)N1CCCCC1C. The molecule has 2 aliphatic rings. The summed E-state index contributed by atoms with van der Waals surface area (Å²) in [5.74, 6) is -0.0408. The summed E-state index contributed by atoms with van der Waals surface area (Å²) < 4.78 is 33.7. The molecule has 2 aromatic carbocycles. The molecule has 1 unspecified atom stereocenters. The molecule has 1 N–H and O–H groups in total. The standard InChI is InChI=1S/C26H33N3O5S/c1-19-8-3-6-15-29(19)35(32,33)24-17-21(12-13-23(24)34-2)26(31)27-18-20-9-7-10-22(16-20)28-14-5-4-11-25(28)30/h7,9-10,12-13,16-17,19H,3-6,8,11,14-15,18H2,1-2H3,(H,27,31). The molecule has 2 saturated heterocycles. The molecule has 35 heavy (non-hydrogen) atoms. The van der Waals surface area contributed by atoms with Gasteiger partial charge in [-0.3, -0.25) is 9.59 Å². The number of ether oxygens (including phenoxy) is 1. The van der Waals surface area contributed by atoms with Crippen LogP contribution in [0.15, 0.2) is 47.4 Å². The number of piperidine rings is 2. The Hall–Kier alpha value is -2.91. The zero-order valence-corrected chi connectivity index (χ0v) is 21.1. The summed E-state index contributed by atoms with van der Waals surface area (Å²) >= 11 is 0. The maximum Gasteiger partial charge on any atom is 0.251 e. The summed E-state index contributed by atoms with van der Waals surface area (Å²) in [4.78, 5) is 27.0. The van der Waals surface area contributed by atoms with E-state index < -0.39 is 10.0 Å². The second-order valence-corrected chi connectivity index (χ2v) is 11.0. The van der Waals surface area contributed by atoms with Gasteiger partial charge in [0, 0.05) is 43.3 Å². The van der Waals surface area contributed by atoms with Gasteiger partial charge < -0.3 is 15.0 Å². The smallest absolute Gasteiger partial charge is 0.251 e. The van der Waals surface area contributed by atoms with E-state index in [9.17, 15) is 18.0 Å². The monoisotopic (exact) mass is 499 g/mol. The van der Waals surface area contributed by atoms with Crippen molar-refractivity contribution in [1.82, 2.24) is 9.62 Å². The predicted octanol–water partition coefficient (Wildman–Crippen LogP) is 3.71. The van der Waals surface area contributed by atoms with Crippen LogP contribution in [0.5, 0.6) is 5.75 Å². The van der Waals surface area contributed by atoms with Gasteiger partial charge in [0.1, 0.15) is 10.6 Å². The molecule has 2 fully saturated rings. The van der Waals surface area contributed by atoms with Crippen molar-refractivity contribution in [3.8, 4) is 5.75 Å². The lowest BCUT2D eigenvalue weighted by Gasteiger charge is -2.32. The lowest BCUT2D eigenvalue weighted by molar-refractivity contribution is -0.119. The first-order valence-corrected chi connectivity index (χ1v) is 13.6. The zero-order valence-electron chi connectivity index (χ0n) is 20.3. The highest BCUT2D eigenvalue weighted by Crippen LogP contribution is 2.31. The third kappa shape index (κ3) is 5.51. The van der Waals surface area contributed by atoms with Gasteiger partial charge in [-0.05, 0) is 68.5 Å². The van der Waals surface area contributed by atoms with Crippen LogP contribution in [0.3, 0.4) is 0 Å². The quantitative estimate of drug-likeness (QED) is 0.627. The molecule has 0 saturated carbocycles. The van der Waals surface area contributed by atoms with Crippen LogP contribution in [0.1, 0.15) is 61.4 Å². The number of hydrogen-bond acceptors (Lipinski definition) is 5. The number of benzene rings is 2. The molecule has 0 radical (unpaired) electrons. The summed E-state index contributed by atoms with van der Waals surface area (Å²) in [6.07, 6.45) is 5.07. The fourth-order valence-corrected chi connectivity index (χ4v) is 6.66. The van der Waals surface area contributed by atoms with Gasteiger partial charge in [0.25, 0.3) is 5.91 Å². The Morgan fingerprint density at radius 2 is 1.89 bits per heavy atom. The van der Waals surface area contributed by atoms with E-state index in [4.69, 9.17) is 4.74 Å². The van der Waals surface area contributed by atoms with Crippen LogP contribution in [0.2, 0.25) is 0 Å². The number of amides is 2. The highest BCUT2D eigenvalue weighted by molar-refractivity contribution is 7.89. The number of hydrogen-bond donors (Lipinski definition) is 1. The van der Waals surface area contributed by atoms with Gasteiger partial charge in [0.05, 0.1) is 7.11 Å². The number of nitrogens with one attached hydrogen (secondary N) is 1. The topological polar surface area (TPSA) is 96.0 Å². The molecule has 2 aromatic rings. The zero-order chi connectivity index (χ0) is 25.0. The Balaban J connectivity index is 1.51. The van der Waals surface area contributed by atoms with Gasteiger partial charge in [0.15, 0.2) is 0 Å². The Kier molecular flexibility index (Phi) is 7.76. The van der Waals surface area contributed by atoms with E-state index in [1.807, 2.05) is 31.2 Å². The minimum atomic E-state index is -3.81. The molecular weight excluding hydrogens is 466 g/mol. The highest BCUT2D eigenvalue weighted by atomic mass is 32.2. The van der Waals surface area contributed by atoms with Crippen molar-refractivity contribution in [3.63, 3.8) is 0 Å². The molecule has 0 spiro atoms. The fraction of sp³-hybridized carbons (Fsp3) is 0.462. The van der Waals surface area contributed by atoms with E-state index in [0.717, 1.165) is 43.4 Å². The number of sulfonamides is 1. The third-order valence-electron chi connectivity index (χ3n) is 6.75. The molecular formula is C26H33N3O5S. The Morgan fingerprint density at radius 3 is 2.63 bits per heavy atom. The molecule has 0 bridgehead atoms. The van der Waals surface area contributed by atoms with Gasteiger partial charge in [-0.2, -0.15) is 4.31 Å². The highest BCUT2D eigenvalue weighted by Gasteiger charge is 2.33. The number of methoxy groups -OCH3 is 1. The molecule has 2 aliphatic heterocycles. The van der Waals surface area contributed by atoms with Gasteiger partial charge in [0.2, 0.25) is 15.9 Å². The van der Waals surface area contributed by atoms with Gasteiger partial charge in [-0.25, -0.2) is 8.42 Å². The number of anilines is 1. The van der Waals surface area contributed by atoms with Gasteiger partial charge in [-0.15, -0.1) is 0 Å². The van der Waals surface area contributed by atoms with E-state index in [-0.39, 0.29) is 40.6 Å². The van der Waals surface area contributed by atoms with E-state index in [2.05, 4.69) is 5.32 Å². The second kappa shape index (κ2) is 10.8. The first kappa shape index (κ1) is 25.2. The molecule has 0 aromatic heterocycles. The minimum absolute atomic E-state index is 0.00649.